The molecule has 2 rings (SSSR count). The van der Waals surface area contributed by atoms with E-state index in [1.54, 1.807) is 12.2 Å². The maximum absolute atomic E-state index is 11.4. The molecule has 0 fully saturated rings. The zero-order valence-corrected chi connectivity index (χ0v) is 14.6. The zero-order valence-electron chi connectivity index (χ0n) is 13.0. The van der Waals surface area contributed by atoms with E-state index in [4.69, 9.17) is 0 Å². The van der Waals surface area contributed by atoms with Gasteiger partial charge < -0.3 is 0 Å². The summed E-state index contributed by atoms with van der Waals surface area (Å²) >= 11 is 1.24. The van der Waals surface area contributed by atoms with Crippen LogP contribution in [-0.4, -0.2) is 30.9 Å². The van der Waals surface area contributed by atoms with Gasteiger partial charge in [-0.05, 0) is 23.1 Å². The quantitative estimate of drug-likeness (QED) is 0.602. The topological polar surface area (TPSA) is 72.8 Å². The molecule has 1 atom stereocenters. The van der Waals surface area contributed by atoms with E-state index in [2.05, 4.69) is 23.3 Å². The van der Waals surface area contributed by atoms with Gasteiger partial charge in [0, 0.05) is 0 Å². The molecule has 0 amide bonds. The molecular formula is C16H17NO4S2. The highest BCUT2D eigenvalue weighted by Crippen LogP contribution is 2.33. The lowest BCUT2D eigenvalue weighted by Crippen LogP contribution is -2.03. The molecule has 0 saturated carbocycles. The molecule has 1 aliphatic rings. The minimum absolute atomic E-state index is 0.265. The van der Waals surface area contributed by atoms with Crippen LogP contribution in [0.5, 0.6) is 0 Å². The van der Waals surface area contributed by atoms with Crippen LogP contribution in [-0.2, 0) is 19.2 Å². The smallest absolute Gasteiger partial charge is 0.268 e. The molecule has 7 heteroatoms. The van der Waals surface area contributed by atoms with Crippen LogP contribution >= 0.6 is 11.8 Å². The molecule has 1 aromatic carbocycles. The number of hydrogen-bond donors (Lipinski definition) is 0. The van der Waals surface area contributed by atoms with Gasteiger partial charge in [-0.2, -0.15) is 8.42 Å². The zero-order chi connectivity index (χ0) is 17.0. The van der Waals surface area contributed by atoms with E-state index in [-0.39, 0.29) is 5.25 Å². The summed E-state index contributed by atoms with van der Waals surface area (Å²) in [7, 11) is -3.64. The first-order valence-corrected chi connectivity index (χ1v) is 9.66. The fourth-order valence-electron chi connectivity index (χ4n) is 2.02. The van der Waals surface area contributed by atoms with Crippen LogP contribution in [0.1, 0.15) is 30.9 Å². The Hall–Kier alpha value is -1.82. The summed E-state index contributed by atoms with van der Waals surface area (Å²) in [6.07, 6.45) is 4.32. The fraction of sp³-hybridized carbons (Fsp3) is 0.312. The van der Waals surface area contributed by atoms with Gasteiger partial charge in [-0.3, -0.25) is 4.28 Å². The molecule has 0 N–H and O–H groups in total. The van der Waals surface area contributed by atoms with Crippen LogP contribution in [0.2, 0.25) is 0 Å². The van der Waals surface area contributed by atoms with Crippen LogP contribution in [0.25, 0.3) is 5.57 Å². The van der Waals surface area contributed by atoms with Crippen molar-refractivity contribution in [2.45, 2.75) is 25.0 Å². The van der Waals surface area contributed by atoms with Crippen molar-refractivity contribution in [2.75, 3.05) is 6.26 Å². The Balaban J connectivity index is 2.15. The molecule has 0 radical (unpaired) electrons. The predicted octanol–water partition coefficient (Wildman–Crippen LogP) is 2.99. The van der Waals surface area contributed by atoms with Gasteiger partial charge in [0.05, 0.1) is 17.1 Å². The largest absolute Gasteiger partial charge is 0.325 e. The molecule has 0 saturated heterocycles. The van der Waals surface area contributed by atoms with Gasteiger partial charge in [0.2, 0.25) is 0 Å². The average molecular weight is 351 g/mol. The third kappa shape index (κ3) is 4.82. The summed E-state index contributed by atoms with van der Waals surface area (Å²) < 4.78 is 26.3. The first-order valence-electron chi connectivity index (χ1n) is 6.97. The number of nitrogens with zero attached hydrogens (tertiary/aromatic N) is 1. The molecule has 5 nitrogen and oxygen atoms in total. The second-order valence-electron chi connectivity index (χ2n) is 5.40. The van der Waals surface area contributed by atoms with E-state index < -0.39 is 10.1 Å². The summed E-state index contributed by atoms with van der Waals surface area (Å²) in [4.78, 5) is 11.4. The summed E-state index contributed by atoms with van der Waals surface area (Å²) in [5, 5.41) is 3.68. The van der Waals surface area contributed by atoms with Crippen molar-refractivity contribution in [1.82, 2.24) is 0 Å². The van der Waals surface area contributed by atoms with E-state index >= 15 is 0 Å². The summed E-state index contributed by atoms with van der Waals surface area (Å²) in [5.41, 5.74) is 2.47. The minimum atomic E-state index is -3.64. The molecule has 1 unspecified atom stereocenters. The van der Waals surface area contributed by atoms with Crippen LogP contribution in [0.4, 0.5) is 0 Å². The molecule has 0 bridgehead atoms. The second kappa shape index (κ2) is 7.17. The van der Waals surface area contributed by atoms with E-state index in [0.717, 1.165) is 11.8 Å². The lowest BCUT2D eigenvalue weighted by molar-refractivity contribution is 0.345. The highest BCUT2D eigenvalue weighted by Gasteiger charge is 2.23. The lowest BCUT2D eigenvalue weighted by Gasteiger charge is -2.11. The van der Waals surface area contributed by atoms with E-state index in [1.165, 1.54) is 17.3 Å². The first-order chi connectivity index (χ1) is 10.8. The molecule has 23 heavy (non-hydrogen) atoms. The third-order valence-electron chi connectivity index (χ3n) is 3.21. The molecule has 0 aliphatic carbocycles. The van der Waals surface area contributed by atoms with Crippen molar-refractivity contribution in [3.8, 4) is 0 Å². The van der Waals surface area contributed by atoms with Gasteiger partial charge in [-0.1, -0.05) is 61.1 Å². The second-order valence-corrected chi connectivity index (χ2v) is 8.12. The van der Waals surface area contributed by atoms with Crippen molar-refractivity contribution < 1.29 is 17.5 Å². The molecular weight excluding hydrogens is 334 g/mol. The maximum Gasteiger partial charge on any atom is 0.325 e. The Labute approximate surface area is 140 Å². The summed E-state index contributed by atoms with van der Waals surface area (Å²) in [6, 6.07) is 7.77. The average Bonchev–Trinajstić information content (AvgIpc) is 2.94. The van der Waals surface area contributed by atoms with Crippen molar-refractivity contribution >= 4 is 38.4 Å². The summed E-state index contributed by atoms with van der Waals surface area (Å²) in [5.74, 6) is 2.40. The normalized spacial score (nSPS) is 19.1. The third-order valence-corrected chi connectivity index (χ3v) is 4.65. The van der Waals surface area contributed by atoms with E-state index in [1.807, 2.05) is 30.2 Å². The summed E-state index contributed by atoms with van der Waals surface area (Å²) in [6.45, 7) is 4.21. The van der Waals surface area contributed by atoms with E-state index in [9.17, 15) is 13.2 Å². The number of benzene rings is 1. The molecule has 0 aromatic heterocycles. The van der Waals surface area contributed by atoms with Crippen molar-refractivity contribution in [1.29, 1.82) is 0 Å². The van der Waals surface area contributed by atoms with Crippen LogP contribution in [0.3, 0.4) is 0 Å². The molecule has 0 spiro atoms. The van der Waals surface area contributed by atoms with Crippen LogP contribution < -0.4 is 0 Å². The predicted molar refractivity (Wildman–Crippen MR) is 93.5 cm³/mol. The van der Waals surface area contributed by atoms with Crippen molar-refractivity contribution in [3.63, 3.8) is 0 Å². The minimum Gasteiger partial charge on any atom is -0.268 e. The monoisotopic (exact) mass is 351 g/mol. The highest BCUT2D eigenvalue weighted by molar-refractivity contribution is 8.15. The standard InChI is InChI=1S/C16H17NO4S2/c1-11(2)12-4-6-13(7-5-12)14(10-18)15-8-9-16(22-15)17-21-23(3,19)20/h4-9,11,15H,1-3H3/b17-16+. The van der Waals surface area contributed by atoms with Gasteiger partial charge in [-0.25, -0.2) is 4.79 Å². The van der Waals surface area contributed by atoms with Crippen LogP contribution in [0.15, 0.2) is 41.6 Å². The lowest BCUT2D eigenvalue weighted by atomic mass is 9.98. The molecule has 1 aliphatic heterocycles. The van der Waals surface area contributed by atoms with Gasteiger partial charge in [0.15, 0.2) is 0 Å². The number of carbonyl (C=O) groups excluding carboxylic acids is 1. The number of hydrogen-bond acceptors (Lipinski definition) is 6. The number of oxime groups is 1. The number of rotatable bonds is 5. The molecule has 122 valence electrons. The molecule has 1 heterocycles. The van der Waals surface area contributed by atoms with Gasteiger partial charge in [0.1, 0.15) is 11.0 Å². The van der Waals surface area contributed by atoms with Crippen molar-refractivity contribution in [2.24, 2.45) is 5.16 Å². The van der Waals surface area contributed by atoms with Crippen LogP contribution in [0, 0.1) is 0 Å². The SMILES string of the molecule is CC(C)c1ccc(C(=C=O)C2C=C/C(=N\OS(C)(=O)=O)S2)cc1. The Morgan fingerprint density at radius 3 is 2.48 bits per heavy atom. The highest BCUT2D eigenvalue weighted by atomic mass is 32.2. The van der Waals surface area contributed by atoms with Crippen molar-refractivity contribution in [3.05, 3.63) is 47.5 Å². The molecule has 1 aromatic rings. The Morgan fingerprint density at radius 2 is 1.96 bits per heavy atom. The number of thioether (sulfide) groups is 1. The van der Waals surface area contributed by atoms with Gasteiger partial charge in [-0.15, -0.1) is 0 Å². The Morgan fingerprint density at radius 1 is 1.30 bits per heavy atom. The van der Waals surface area contributed by atoms with Gasteiger partial charge in [0.25, 0.3) is 0 Å². The Kier molecular flexibility index (Phi) is 5.46. The first kappa shape index (κ1) is 17.5. The van der Waals surface area contributed by atoms with E-state index in [0.29, 0.717) is 16.5 Å². The Bertz CT molecular complexity index is 786. The van der Waals surface area contributed by atoms with Gasteiger partial charge >= 0.3 is 10.1 Å². The maximum atomic E-state index is 11.4. The fourth-order valence-corrected chi connectivity index (χ4v) is 3.24.